The molecule has 1 N–H and O–H groups in total. The standard InChI is InChI=1S/C10H18O4S/c11-10(12)7-8-15(13,14)9-5-3-1-2-4-6-9/h9H,1-8H2,(H,11,12). The van der Waals surface area contributed by atoms with Crippen LogP contribution in [0.5, 0.6) is 0 Å². The maximum Gasteiger partial charge on any atom is 0.304 e. The highest BCUT2D eigenvalue weighted by Crippen LogP contribution is 2.23. The molecule has 0 bridgehead atoms. The Kier molecular flexibility index (Phi) is 4.57. The average molecular weight is 234 g/mol. The number of rotatable bonds is 4. The molecular formula is C10H18O4S. The molecule has 0 atom stereocenters. The predicted molar refractivity (Wildman–Crippen MR) is 57.5 cm³/mol. The van der Waals surface area contributed by atoms with Crippen molar-refractivity contribution in [3.63, 3.8) is 0 Å². The minimum Gasteiger partial charge on any atom is -0.481 e. The minimum absolute atomic E-state index is 0.201. The normalized spacial score (nSPS) is 19.7. The number of carboxylic acids is 1. The van der Waals surface area contributed by atoms with Crippen LogP contribution in [0.4, 0.5) is 0 Å². The number of hydrogen-bond acceptors (Lipinski definition) is 3. The summed E-state index contributed by atoms with van der Waals surface area (Å²) in [7, 11) is -3.18. The minimum atomic E-state index is -3.18. The molecule has 0 heterocycles. The fourth-order valence-electron chi connectivity index (χ4n) is 2.00. The van der Waals surface area contributed by atoms with Gasteiger partial charge in [0.15, 0.2) is 9.84 Å². The molecule has 0 radical (unpaired) electrons. The van der Waals surface area contributed by atoms with Crippen molar-refractivity contribution in [1.82, 2.24) is 0 Å². The highest BCUT2D eigenvalue weighted by molar-refractivity contribution is 7.92. The van der Waals surface area contributed by atoms with Gasteiger partial charge in [0.2, 0.25) is 0 Å². The van der Waals surface area contributed by atoms with E-state index in [1.54, 1.807) is 0 Å². The topological polar surface area (TPSA) is 71.4 Å². The Morgan fingerprint density at radius 3 is 2.13 bits per heavy atom. The molecular weight excluding hydrogens is 216 g/mol. The van der Waals surface area contributed by atoms with E-state index in [0.717, 1.165) is 25.7 Å². The molecule has 5 heteroatoms. The third kappa shape index (κ3) is 4.20. The zero-order valence-corrected chi connectivity index (χ0v) is 9.63. The highest BCUT2D eigenvalue weighted by Gasteiger charge is 2.26. The van der Waals surface area contributed by atoms with Crippen molar-refractivity contribution in [3.05, 3.63) is 0 Å². The van der Waals surface area contributed by atoms with E-state index in [0.29, 0.717) is 12.8 Å². The molecule has 0 saturated heterocycles. The van der Waals surface area contributed by atoms with Gasteiger partial charge < -0.3 is 5.11 Å². The third-order valence-electron chi connectivity index (χ3n) is 2.91. The van der Waals surface area contributed by atoms with E-state index >= 15 is 0 Å². The Morgan fingerprint density at radius 1 is 1.13 bits per heavy atom. The Balaban J connectivity index is 2.54. The number of carboxylic acid groups (broad SMARTS) is 1. The zero-order valence-electron chi connectivity index (χ0n) is 8.81. The molecule has 0 spiro atoms. The average Bonchev–Trinajstić information content (AvgIpc) is 2.43. The predicted octanol–water partition coefficient (Wildman–Crippen LogP) is 1.60. The van der Waals surface area contributed by atoms with E-state index in [1.807, 2.05) is 0 Å². The summed E-state index contributed by atoms with van der Waals surface area (Å²) in [5.74, 6) is -1.24. The van der Waals surface area contributed by atoms with Gasteiger partial charge in [-0.15, -0.1) is 0 Å². The van der Waals surface area contributed by atoms with Crippen LogP contribution in [0.3, 0.4) is 0 Å². The van der Waals surface area contributed by atoms with Crippen LogP contribution < -0.4 is 0 Å². The molecule has 0 unspecified atom stereocenters. The van der Waals surface area contributed by atoms with Crippen molar-refractivity contribution in [1.29, 1.82) is 0 Å². The van der Waals surface area contributed by atoms with Crippen LogP contribution in [0.2, 0.25) is 0 Å². The van der Waals surface area contributed by atoms with Gasteiger partial charge in [-0.1, -0.05) is 25.7 Å². The van der Waals surface area contributed by atoms with Gasteiger partial charge in [0, 0.05) is 0 Å². The first-order valence-corrected chi connectivity index (χ1v) is 7.17. The Labute approximate surface area is 90.6 Å². The van der Waals surface area contributed by atoms with E-state index in [1.165, 1.54) is 0 Å². The summed E-state index contributed by atoms with van der Waals surface area (Å²) in [5.41, 5.74) is 0. The molecule has 0 amide bonds. The van der Waals surface area contributed by atoms with Gasteiger partial charge in [0.05, 0.1) is 17.4 Å². The first-order chi connectivity index (χ1) is 7.02. The Hall–Kier alpha value is -0.580. The van der Waals surface area contributed by atoms with Crippen molar-refractivity contribution < 1.29 is 18.3 Å². The van der Waals surface area contributed by atoms with Crippen LogP contribution in [-0.4, -0.2) is 30.5 Å². The summed E-state index contributed by atoms with van der Waals surface area (Å²) in [6.45, 7) is 0. The van der Waals surface area contributed by atoms with Gasteiger partial charge in [0.25, 0.3) is 0 Å². The second-order valence-electron chi connectivity index (χ2n) is 4.12. The van der Waals surface area contributed by atoms with E-state index in [-0.39, 0.29) is 17.4 Å². The van der Waals surface area contributed by atoms with E-state index in [9.17, 15) is 13.2 Å². The number of aliphatic carboxylic acids is 1. The lowest BCUT2D eigenvalue weighted by Crippen LogP contribution is -2.24. The first kappa shape index (κ1) is 12.5. The molecule has 0 aromatic rings. The summed E-state index contributed by atoms with van der Waals surface area (Å²) >= 11 is 0. The fourth-order valence-corrected chi connectivity index (χ4v) is 3.84. The quantitative estimate of drug-likeness (QED) is 0.750. The van der Waals surface area contributed by atoms with Gasteiger partial charge in [-0.2, -0.15) is 0 Å². The van der Waals surface area contributed by atoms with Crippen LogP contribution in [0.15, 0.2) is 0 Å². The zero-order chi connectivity index (χ0) is 11.3. The summed E-state index contributed by atoms with van der Waals surface area (Å²) in [6.07, 6.45) is 5.27. The van der Waals surface area contributed by atoms with Crippen LogP contribution >= 0.6 is 0 Å². The van der Waals surface area contributed by atoms with Crippen molar-refractivity contribution in [3.8, 4) is 0 Å². The van der Waals surface area contributed by atoms with Crippen LogP contribution in [0, 0.1) is 0 Å². The van der Waals surface area contributed by atoms with Gasteiger partial charge in [-0.25, -0.2) is 8.42 Å². The molecule has 88 valence electrons. The van der Waals surface area contributed by atoms with Crippen LogP contribution in [0.25, 0.3) is 0 Å². The molecule has 0 aliphatic heterocycles. The maximum atomic E-state index is 11.8. The lowest BCUT2D eigenvalue weighted by molar-refractivity contribution is -0.136. The van der Waals surface area contributed by atoms with E-state index in [2.05, 4.69) is 0 Å². The lowest BCUT2D eigenvalue weighted by Gasteiger charge is -2.13. The van der Waals surface area contributed by atoms with E-state index in [4.69, 9.17) is 5.11 Å². The summed E-state index contributed by atoms with van der Waals surface area (Å²) < 4.78 is 23.6. The monoisotopic (exact) mass is 234 g/mol. The molecule has 15 heavy (non-hydrogen) atoms. The van der Waals surface area contributed by atoms with Crippen molar-refractivity contribution in [2.75, 3.05) is 5.75 Å². The molecule has 1 fully saturated rings. The van der Waals surface area contributed by atoms with E-state index < -0.39 is 15.8 Å². The second-order valence-corrected chi connectivity index (χ2v) is 6.52. The highest BCUT2D eigenvalue weighted by atomic mass is 32.2. The fraction of sp³-hybridized carbons (Fsp3) is 0.900. The summed E-state index contributed by atoms with van der Waals surface area (Å²) in [5, 5.41) is 8.17. The molecule has 1 aliphatic carbocycles. The first-order valence-electron chi connectivity index (χ1n) is 5.46. The molecule has 4 nitrogen and oxygen atoms in total. The molecule has 1 rings (SSSR count). The summed E-state index contributed by atoms with van der Waals surface area (Å²) in [4.78, 5) is 10.3. The van der Waals surface area contributed by atoms with Gasteiger partial charge in [0.1, 0.15) is 0 Å². The van der Waals surface area contributed by atoms with Crippen LogP contribution in [-0.2, 0) is 14.6 Å². The lowest BCUT2D eigenvalue weighted by atomic mass is 10.2. The molecule has 0 aromatic heterocycles. The number of carbonyl (C=O) groups is 1. The third-order valence-corrected chi connectivity index (χ3v) is 5.17. The molecule has 1 aliphatic rings. The largest absolute Gasteiger partial charge is 0.481 e. The van der Waals surface area contributed by atoms with Gasteiger partial charge in [-0.05, 0) is 12.8 Å². The molecule has 1 saturated carbocycles. The van der Waals surface area contributed by atoms with Gasteiger partial charge in [-0.3, -0.25) is 4.79 Å². The second kappa shape index (κ2) is 5.49. The smallest absolute Gasteiger partial charge is 0.304 e. The summed E-state index contributed by atoms with van der Waals surface area (Å²) in [6, 6.07) is 0. The van der Waals surface area contributed by atoms with Crippen molar-refractivity contribution in [2.45, 2.75) is 50.2 Å². The van der Waals surface area contributed by atoms with Crippen molar-refractivity contribution >= 4 is 15.8 Å². The van der Waals surface area contributed by atoms with Gasteiger partial charge >= 0.3 is 5.97 Å². The van der Waals surface area contributed by atoms with Crippen LogP contribution in [0.1, 0.15) is 44.9 Å². The molecule has 0 aromatic carbocycles. The van der Waals surface area contributed by atoms with Crippen molar-refractivity contribution in [2.24, 2.45) is 0 Å². The Bertz CT molecular complexity index is 299. The SMILES string of the molecule is O=C(O)CCS(=O)(=O)C1CCCCCC1. The Morgan fingerprint density at radius 2 is 1.67 bits per heavy atom. The maximum absolute atomic E-state index is 11.8. The number of sulfone groups is 1. The number of hydrogen-bond donors (Lipinski definition) is 1.